The molecule has 0 unspecified atom stereocenters. The molecule has 4 aromatic carbocycles. The van der Waals surface area contributed by atoms with Crippen LogP contribution in [0.15, 0.2) is 126 Å². The van der Waals surface area contributed by atoms with Crippen LogP contribution in [0.5, 0.6) is 0 Å². The molecule has 2 saturated carbocycles. The lowest BCUT2D eigenvalue weighted by Gasteiger charge is -2.48. The van der Waals surface area contributed by atoms with E-state index in [0.717, 1.165) is 12.5 Å². The monoisotopic (exact) mass is 837 g/mol. The predicted molar refractivity (Wildman–Crippen MR) is 215 cm³/mol. The number of hydrogen-bond donors (Lipinski definition) is 4. The fraction of sp³-hybridized carbons (Fsp3) is 0.356. The van der Waals surface area contributed by atoms with Crippen molar-refractivity contribution >= 4 is 30.1 Å². The van der Waals surface area contributed by atoms with E-state index in [1.807, 2.05) is 36.4 Å². The lowest BCUT2D eigenvalue weighted by Crippen LogP contribution is -2.69. The molecule has 7 rings (SSSR count). The van der Waals surface area contributed by atoms with E-state index in [4.69, 9.17) is 38.2 Å². The fourth-order valence-corrected chi connectivity index (χ4v) is 8.17. The first-order chi connectivity index (χ1) is 29.5. The first-order valence-corrected chi connectivity index (χ1v) is 19.7. The summed E-state index contributed by atoms with van der Waals surface area (Å²) in [7, 11) is 0. The van der Waals surface area contributed by atoms with Crippen LogP contribution < -0.4 is 10.6 Å². The quantitative estimate of drug-likeness (QED) is 0.0464. The number of fused-ring (bicyclic) bond motifs is 2. The topological polar surface area (TPSA) is 213 Å². The summed E-state index contributed by atoms with van der Waals surface area (Å²) in [4.78, 5) is 58.1. The smallest absolute Gasteiger partial charge is 0.414 e. The highest BCUT2D eigenvalue weighted by Gasteiger charge is 2.84. The molecule has 9 atom stereocenters. The van der Waals surface area contributed by atoms with E-state index < -0.39 is 83.8 Å². The SMILES string of the molecule is CC(=O)O[C@@H]1[C@@H]2[C@@H](O)[C@@H](O)[C@@H](OCc3ccccc3)[C@]2(N=C(NC(=O)OCc2ccccc2)NC(=O)OCc2ccccc2)[C@H](OC(C)=O)[C@H]2O[C@@]12COCc1ccccc1. The van der Waals surface area contributed by atoms with E-state index in [2.05, 4.69) is 10.6 Å². The molecule has 61 heavy (non-hydrogen) atoms. The number of ether oxygens (including phenoxy) is 7. The van der Waals surface area contributed by atoms with Crippen LogP contribution in [0.25, 0.3) is 0 Å². The van der Waals surface area contributed by atoms with Gasteiger partial charge in [-0.3, -0.25) is 20.2 Å². The van der Waals surface area contributed by atoms with E-state index in [1.165, 1.54) is 6.92 Å². The summed E-state index contributed by atoms with van der Waals surface area (Å²) in [6, 6.07) is 35.8. The molecule has 320 valence electrons. The van der Waals surface area contributed by atoms with Crippen molar-refractivity contribution in [3.8, 4) is 0 Å². The second-order valence-corrected chi connectivity index (χ2v) is 15.0. The van der Waals surface area contributed by atoms with Crippen LogP contribution in [0.2, 0.25) is 0 Å². The van der Waals surface area contributed by atoms with E-state index in [0.29, 0.717) is 16.7 Å². The lowest BCUT2D eigenvalue weighted by molar-refractivity contribution is -0.181. The van der Waals surface area contributed by atoms with Crippen molar-refractivity contribution in [1.82, 2.24) is 10.6 Å². The average Bonchev–Trinajstić information content (AvgIpc) is 3.95. The number of amides is 2. The van der Waals surface area contributed by atoms with Crippen molar-refractivity contribution in [3.05, 3.63) is 144 Å². The molecule has 0 bridgehead atoms. The van der Waals surface area contributed by atoms with Gasteiger partial charge in [0, 0.05) is 13.8 Å². The number of esters is 2. The summed E-state index contributed by atoms with van der Waals surface area (Å²) < 4.78 is 42.0. The number of epoxide rings is 1. The number of guanidine groups is 1. The first kappa shape index (κ1) is 42.9. The summed E-state index contributed by atoms with van der Waals surface area (Å²) in [6.45, 7) is 1.76. The molecule has 1 heterocycles. The Morgan fingerprint density at radius 2 is 1.05 bits per heavy atom. The Hall–Kier alpha value is -6.17. The highest BCUT2D eigenvalue weighted by atomic mass is 16.7. The van der Waals surface area contributed by atoms with Crippen molar-refractivity contribution in [1.29, 1.82) is 0 Å². The van der Waals surface area contributed by atoms with E-state index in [-0.39, 0.29) is 33.0 Å². The van der Waals surface area contributed by atoms with Crippen molar-refractivity contribution in [3.63, 3.8) is 0 Å². The van der Waals surface area contributed by atoms with Gasteiger partial charge in [0.15, 0.2) is 11.7 Å². The number of hydrogen-bond acceptors (Lipinski definition) is 14. The minimum atomic E-state index is -2.17. The Labute approximate surface area is 351 Å². The highest BCUT2D eigenvalue weighted by Crippen LogP contribution is 2.62. The normalized spacial score (nSPS) is 27.0. The van der Waals surface area contributed by atoms with Gasteiger partial charge in [-0.1, -0.05) is 121 Å². The molecule has 4 aromatic rings. The van der Waals surface area contributed by atoms with Crippen molar-refractivity contribution < 1.29 is 62.5 Å². The fourth-order valence-electron chi connectivity index (χ4n) is 8.17. The van der Waals surface area contributed by atoms with Crippen molar-refractivity contribution in [2.45, 2.75) is 88.0 Å². The number of aliphatic imine (C=N–C) groups is 1. The number of nitrogens with zero attached hydrogens (tertiary/aromatic N) is 1. The number of carbonyl (C=O) groups excluding carboxylic acids is 4. The zero-order chi connectivity index (χ0) is 43.0. The van der Waals surface area contributed by atoms with E-state index in [9.17, 15) is 29.4 Å². The Bertz CT molecular complexity index is 2100. The van der Waals surface area contributed by atoms with Gasteiger partial charge in [0.2, 0.25) is 5.96 Å². The van der Waals surface area contributed by atoms with Crippen molar-refractivity contribution in [2.75, 3.05) is 6.61 Å². The van der Waals surface area contributed by atoms with Gasteiger partial charge < -0.3 is 43.4 Å². The van der Waals surface area contributed by atoms with Crippen LogP contribution in [0.1, 0.15) is 36.1 Å². The Balaban J connectivity index is 1.32. The maximum absolute atomic E-state index is 13.5. The number of alkyl carbamates (subject to hydrolysis) is 2. The van der Waals surface area contributed by atoms with Crippen LogP contribution in [0.3, 0.4) is 0 Å². The Morgan fingerprint density at radius 1 is 0.607 bits per heavy atom. The molecule has 3 aliphatic rings. The molecule has 3 fully saturated rings. The van der Waals surface area contributed by atoms with Gasteiger partial charge in [0.25, 0.3) is 0 Å². The molecule has 2 aliphatic carbocycles. The molecule has 0 aromatic heterocycles. The zero-order valence-electron chi connectivity index (χ0n) is 33.5. The Morgan fingerprint density at radius 3 is 1.52 bits per heavy atom. The Kier molecular flexibility index (Phi) is 13.4. The highest BCUT2D eigenvalue weighted by molar-refractivity contribution is 6.01. The third-order valence-corrected chi connectivity index (χ3v) is 10.8. The van der Waals surface area contributed by atoms with Gasteiger partial charge >= 0.3 is 24.1 Å². The summed E-state index contributed by atoms with van der Waals surface area (Å²) in [5.74, 6) is -3.66. The van der Waals surface area contributed by atoms with Crippen LogP contribution in [-0.4, -0.2) is 94.7 Å². The van der Waals surface area contributed by atoms with Gasteiger partial charge in [-0.2, -0.15) is 0 Å². The number of carbonyl (C=O) groups is 4. The second kappa shape index (κ2) is 19.0. The summed E-state index contributed by atoms with van der Waals surface area (Å²) in [6.07, 6.45) is -11.4. The molecule has 1 saturated heterocycles. The maximum atomic E-state index is 13.5. The largest absolute Gasteiger partial charge is 0.459 e. The molecule has 1 aliphatic heterocycles. The van der Waals surface area contributed by atoms with Gasteiger partial charge in [-0.05, 0) is 22.3 Å². The summed E-state index contributed by atoms with van der Waals surface area (Å²) in [5, 5.41) is 29.1. The number of nitrogens with one attached hydrogen (secondary N) is 2. The van der Waals surface area contributed by atoms with Crippen LogP contribution in [0, 0.1) is 5.92 Å². The number of rotatable bonds is 14. The second-order valence-electron chi connectivity index (χ2n) is 15.0. The van der Waals surface area contributed by atoms with E-state index >= 15 is 0 Å². The molecular weight excluding hydrogens is 791 g/mol. The minimum Gasteiger partial charge on any atom is -0.459 e. The van der Waals surface area contributed by atoms with Crippen LogP contribution >= 0.6 is 0 Å². The first-order valence-electron chi connectivity index (χ1n) is 19.7. The standard InChI is InChI=1S/C45H47N3O13/c1-28(49)59-37-34-35(51)36(52)38(56-24-31-17-9-4-10-18-31)45(34,40(60-29(2)50)39-44(37,61-39)27-55-23-30-15-7-3-8-16-30)48-41(46-42(53)57-25-32-19-11-5-12-20-32)47-43(54)58-26-33-21-13-6-14-22-33/h3-22,34-40,51-52H,23-27H2,1-2H3,(H2,46,47,48,53,54)/t34-,35+,36+,37+,38+,39+,40+,44-,45-/m0/s1. The number of aliphatic hydroxyl groups is 2. The van der Waals surface area contributed by atoms with Gasteiger partial charge in [0.05, 0.1) is 31.8 Å². The molecule has 4 N–H and O–H groups in total. The third kappa shape index (κ3) is 9.74. The zero-order valence-corrected chi connectivity index (χ0v) is 33.5. The number of benzene rings is 4. The van der Waals surface area contributed by atoms with Crippen LogP contribution in [0.4, 0.5) is 9.59 Å². The molecule has 16 heteroatoms. The van der Waals surface area contributed by atoms with Crippen LogP contribution in [-0.2, 0) is 69.2 Å². The van der Waals surface area contributed by atoms with Crippen molar-refractivity contribution in [2.24, 2.45) is 10.9 Å². The predicted octanol–water partition coefficient (Wildman–Crippen LogP) is 4.10. The number of aliphatic hydroxyl groups excluding tert-OH is 2. The lowest BCUT2D eigenvalue weighted by atomic mass is 9.65. The van der Waals surface area contributed by atoms with Gasteiger partial charge in [-0.15, -0.1) is 0 Å². The minimum absolute atomic E-state index is 0.125. The van der Waals surface area contributed by atoms with Gasteiger partial charge in [-0.25, -0.2) is 14.6 Å². The average molecular weight is 838 g/mol. The molecule has 16 nitrogen and oxygen atoms in total. The molecule has 0 radical (unpaired) electrons. The van der Waals surface area contributed by atoms with Gasteiger partial charge in [0.1, 0.15) is 43.2 Å². The summed E-state index contributed by atoms with van der Waals surface area (Å²) in [5.41, 5.74) is -0.881. The maximum Gasteiger partial charge on any atom is 0.414 e. The molecular formula is C45H47N3O13. The van der Waals surface area contributed by atoms with E-state index in [1.54, 1.807) is 84.9 Å². The third-order valence-electron chi connectivity index (χ3n) is 10.8. The molecule has 0 spiro atoms. The summed E-state index contributed by atoms with van der Waals surface area (Å²) >= 11 is 0. The molecule has 2 amide bonds.